The number of anilines is 1. The number of rotatable bonds is 9. The van der Waals surface area contributed by atoms with E-state index in [-0.39, 0.29) is 30.1 Å². The highest BCUT2D eigenvalue weighted by molar-refractivity contribution is 5.92. The van der Waals surface area contributed by atoms with Crippen LogP contribution in [0.3, 0.4) is 0 Å². The van der Waals surface area contributed by atoms with Crippen molar-refractivity contribution in [2.45, 2.75) is 32.4 Å². The molecule has 4 aromatic rings. The van der Waals surface area contributed by atoms with Crippen LogP contribution in [0, 0.1) is 11.7 Å². The van der Waals surface area contributed by atoms with Gasteiger partial charge < -0.3 is 15.2 Å². The van der Waals surface area contributed by atoms with Crippen molar-refractivity contribution < 1.29 is 9.18 Å². The number of halogens is 1. The van der Waals surface area contributed by atoms with Crippen LogP contribution in [0.25, 0.3) is 11.2 Å². The van der Waals surface area contributed by atoms with E-state index >= 15 is 0 Å². The van der Waals surface area contributed by atoms with Gasteiger partial charge in [0.05, 0.1) is 13.1 Å². The predicted molar refractivity (Wildman–Crippen MR) is 139 cm³/mol. The number of likely N-dealkylation sites (N-methyl/N-ethyl adjacent to an activating group) is 1. The van der Waals surface area contributed by atoms with Crippen molar-refractivity contribution in [1.29, 1.82) is 0 Å². The maximum Gasteiger partial charge on any atom is 0.333 e. The topological polar surface area (TPSA) is 105 Å². The molecule has 2 heterocycles. The van der Waals surface area contributed by atoms with Gasteiger partial charge in [0.15, 0.2) is 5.65 Å². The van der Waals surface area contributed by atoms with E-state index in [1.165, 1.54) is 6.07 Å². The van der Waals surface area contributed by atoms with Gasteiger partial charge in [0.1, 0.15) is 17.2 Å². The lowest BCUT2D eigenvalue weighted by Crippen LogP contribution is -2.40. The second-order valence-electron chi connectivity index (χ2n) is 9.86. The minimum Gasteiger partial charge on any atom is -0.336 e. The second kappa shape index (κ2) is 10.1. The van der Waals surface area contributed by atoms with E-state index in [0.29, 0.717) is 36.0 Å². The summed E-state index contributed by atoms with van der Waals surface area (Å²) in [6, 6.07) is 13.5. The van der Waals surface area contributed by atoms with Crippen molar-refractivity contribution in [2.75, 3.05) is 26.0 Å². The Hall–Kier alpha value is -4.05. The number of nitrogens with one attached hydrogen (secondary N) is 2. The van der Waals surface area contributed by atoms with Gasteiger partial charge in [-0.1, -0.05) is 30.3 Å². The number of imidazole rings is 1. The number of amides is 1. The average Bonchev–Trinajstić information content (AvgIpc) is 3.58. The van der Waals surface area contributed by atoms with Gasteiger partial charge in [0.2, 0.25) is 5.91 Å². The highest BCUT2D eigenvalue weighted by atomic mass is 19.1. The Balaban J connectivity index is 1.45. The first-order valence-electron chi connectivity index (χ1n) is 12.3. The van der Waals surface area contributed by atoms with E-state index in [1.54, 1.807) is 27.7 Å². The molecule has 2 aromatic heterocycles. The molecule has 1 fully saturated rings. The Bertz CT molecular complexity index is 1560. The Morgan fingerprint density at radius 2 is 1.84 bits per heavy atom. The van der Waals surface area contributed by atoms with Crippen LogP contribution in [-0.2, 0) is 24.3 Å². The van der Waals surface area contributed by atoms with Crippen LogP contribution in [-0.4, -0.2) is 50.5 Å². The van der Waals surface area contributed by atoms with Gasteiger partial charge >= 0.3 is 5.69 Å². The summed E-state index contributed by atoms with van der Waals surface area (Å²) in [5.41, 5.74) is 1.45. The Labute approximate surface area is 212 Å². The number of aromatic amines is 1. The molecule has 0 radical (unpaired) electrons. The van der Waals surface area contributed by atoms with Gasteiger partial charge in [0, 0.05) is 24.2 Å². The molecule has 0 bridgehead atoms. The summed E-state index contributed by atoms with van der Waals surface area (Å²) < 4.78 is 16.9. The highest BCUT2D eigenvalue weighted by Gasteiger charge is 2.26. The minimum absolute atomic E-state index is 0.102. The van der Waals surface area contributed by atoms with E-state index in [1.807, 2.05) is 38.4 Å². The van der Waals surface area contributed by atoms with Crippen molar-refractivity contribution in [3.8, 4) is 0 Å². The number of carbonyl (C=O) groups is 1. The van der Waals surface area contributed by atoms with Gasteiger partial charge in [0.25, 0.3) is 5.56 Å². The first-order valence-corrected chi connectivity index (χ1v) is 12.3. The summed E-state index contributed by atoms with van der Waals surface area (Å²) in [6.45, 7) is 0.608. The zero-order valence-electron chi connectivity index (χ0n) is 20.8. The minimum atomic E-state index is -0.520. The zero-order valence-corrected chi connectivity index (χ0v) is 20.8. The number of hydrogen-bond donors (Lipinski definition) is 2. The van der Waals surface area contributed by atoms with Gasteiger partial charge in [-0.3, -0.25) is 18.7 Å². The molecule has 9 nitrogen and oxygen atoms in total. The third kappa shape index (κ3) is 5.54. The molecule has 5 rings (SSSR count). The molecule has 0 unspecified atom stereocenters. The fraction of sp³-hybridized carbons (Fsp3) is 0.333. The monoisotopic (exact) mass is 504 g/mol. The number of fused-ring (bicyclic) bond motifs is 1. The molecule has 2 aromatic carbocycles. The van der Waals surface area contributed by atoms with Crippen LogP contribution in [0.1, 0.15) is 29.8 Å². The van der Waals surface area contributed by atoms with Crippen LogP contribution < -0.4 is 16.6 Å². The Kier molecular flexibility index (Phi) is 6.75. The van der Waals surface area contributed by atoms with Crippen molar-refractivity contribution >= 4 is 22.8 Å². The molecule has 1 aliphatic rings. The van der Waals surface area contributed by atoms with Gasteiger partial charge in [-0.25, -0.2) is 14.2 Å². The first-order chi connectivity index (χ1) is 17.8. The van der Waals surface area contributed by atoms with Gasteiger partial charge in [-0.05, 0) is 56.6 Å². The van der Waals surface area contributed by atoms with E-state index < -0.39 is 17.1 Å². The number of carbonyl (C=O) groups excluding carboxylic acids is 1. The SMILES string of the molecule is CN(C)CC(=O)Nc1ccc(Cc2nc3c([nH]2)c(=O)n(Cc2ccccc2F)c(=O)n3CC2CC2)cc1. The number of aromatic nitrogens is 4. The lowest BCUT2D eigenvalue weighted by Gasteiger charge is -2.11. The van der Waals surface area contributed by atoms with Crippen molar-refractivity contribution in [3.63, 3.8) is 0 Å². The lowest BCUT2D eigenvalue weighted by atomic mass is 10.1. The number of nitrogens with zero attached hydrogens (tertiary/aromatic N) is 4. The number of benzene rings is 2. The third-order valence-electron chi connectivity index (χ3n) is 6.40. The fourth-order valence-electron chi connectivity index (χ4n) is 4.34. The molecule has 1 aliphatic carbocycles. The molecule has 1 saturated carbocycles. The second-order valence-corrected chi connectivity index (χ2v) is 9.86. The normalized spacial score (nSPS) is 13.4. The first kappa shape index (κ1) is 24.6. The van der Waals surface area contributed by atoms with Crippen molar-refractivity contribution in [1.82, 2.24) is 24.0 Å². The predicted octanol–water partition coefficient (Wildman–Crippen LogP) is 2.57. The molecule has 192 valence electrons. The molecule has 10 heteroatoms. The van der Waals surface area contributed by atoms with Crippen molar-refractivity contribution in [2.24, 2.45) is 5.92 Å². The standard InChI is InChI=1S/C27H29FN6O3/c1-32(2)16-23(35)29-20-11-9-17(10-12-20)13-22-30-24-25(31-22)33(14-18-7-8-18)27(37)34(26(24)36)15-19-5-3-4-6-21(19)28/h3-6,9-12,18H,7-8,13-16H2,1-2H3,(H,29,35)(H,30,31). The summed E-state index contributed by atoms with van der Waals surface area (Å²) in [7, 11) is 3.66. The molecular formula is C27H29FN6O3. The summed E-state index contributed by atoms with van der Waals surface area (Å²) in [5.74, 6) is 0.351. The van der Waals surface area contributed by atoms with Crippen LogP contribution in [0.15, 0.2) is 58.1 Å². The maximum atomic E-state index is 14.3. The van der Waals surface area contributed by atoms with Crippen LogP contribution in [0.4, 0.5) is 10.1 Å². The van der Waals surface area contributed by atoms with E-state index in [2.05, 4.69) is 15.3 Å². The summed E-state index contributed by atoms with van der Waals surface area (Å²) >= 11 is 0. The maximum absolute atomic E-state index is 14.3. The Morgan fingerprint density at radius 1 is 1.11 bits per heavy atom. The van der Waals surface area contributed by atoms with E-state index in [0.717, 1.165) is 23.0 Å². The fourth-order valence-corrected chi connectivity index (χ4v) is 4.34. The summed E-state index contributed by atoms with van der Waals surface area (Å²) in [4.78, 5) is 48.2. The molecule has 2 N–H and O–H groups in total. The molecular weight excluding hydrogens is 475 g/mol. The lowest BCUT2D eigenvalue weighted by molar-refractivity contribution is -0.116. The highest BCUT2D eigenvalue weighted by Crippen LogP contribution is 2.30. The summed E-state index contributed by atoms with van der Waals surface area (Å²) in [5, 5.41) is 2.85. The quantitative estimate of drug-likeness (QED) is 0.365. The summed E-state index contributed by atoms with van der Waals surface area (Å²) in [6.07, 6.45) is 2.45. The molecule has 0 spiro atoms. The van der Waals surface area contributed by atoms with Gasteiger partial charge in [-0.15, -0.1) is 0 Å². The molecule has 0 aliphatic heterocycles. The van der Waals surface area contributed by atoms with Crippen molar-refractivity contribution in [3.05, 3.63) is 92.1 Å². The van der Waals surface area contributed by atoms with Crippen LogP contribution in [0.5, 0.6) is 0 Å². The third-order valence-corrected chi connectivity index (χ3v) is 6.40. The van der Waals surface area contributed by atoms with Gasteiger partial charge in [-0.2, -0.15) is 0 Å². The molecule has 1 amide bonds. The smallest absolute Gasteiger partial charge is 0.333 e. The average molecular weight is 505 g/mol. The van der Waals surface area contributed by atoms with E-state index in [4.69, 9.17) is 0 Å². The van der Waals surface area contributed by atoms with E-state index in [9.17, 15) is 18.8 Å². The largest absolute Gasteiger partial charge is 0.336 e. The van der Waals surface area contributed by atoms with Crippen LogP contribution >= 0.6 is 0 Å². The zero-order chi connectivity index (χ0) is 26.1. The molecule has 0 saturated heterocycles. The Morgan fingerprint density at radius 3 is 2.51 bits per heavy atom. The van der Waals surface area contributed by atoms with Crippen LogP contribution in [0.2, 0.25) is 0 Å². The molecule has 37 heavy (non-hydrogen) atoms. The number of hydrogen-bond acceptors (Lipinski definition) is 5. The number of H-pyrrole nitrogens is 1. The molecule has 0 atom stereocenters.